The summed E-state index contributed by atoms with van der Waals surface area (Å²) in [4.78, 5) is 28.4. The number of hydrogen-bond donors (Lipinski definition) is 1. The summed E-state index contributed by atoms with van der Waals surface area (Å²) in [6, 6.07) is 9.51. The van der Waals surface area contributed by atoms with E-state index in [0.29, 0.717) is 25.4 Å². The van der Waals surface area contributed by atoms with E-state index in [1.807, 2.05) is 18.2 Å². The Labute approximate surface area is 163 Å². The average Bonchev–Trinajstić information content (AvgIpc) is 3.38. The molecule has 0 bridgehead atoms. The number of hydrogen-bond acceptors (Lipinski definition) is 6. The van der Waals surface area contributed by atoms with Crippen molar-refractivity contribution in [1.82, 2.24) is 15.1 Å². The number of benzene rings is 1. The molecule has 0 aliphatic carbocycles. The molecule has 2 aliphatic rings. The maximum atomic E-state index is 12.4. The minimum Gasteiger partial charge on any atom is -0.467 e. The molecule has 0 radical (unpaired) electrons. The standard InChI is InChI=1S/C20H23N3O5/c24-19(21-12-16-2-1-9-26-16)11-20(25)23-7-5-22(6-8-23)13-15-3-4-17-18(10-15)28-14-27-17/h1-4,9-10H,5-8,11-14H2,(H,21,24). The summed E-state index contributed by atoms with van der Waals surface area (Å²) in [5, 5.41) is 2.70. The van der Waals surface area contributed by atoms with Crippen LogP contribution in [0.2, 0.25) is 0 Å². The minimum absolute atomic E-state index is 0.136. The molecule has 1 aromatic heterocycles. The molecular formula is C20H23N3O5. The molecule has 2 aliphatic heterocycles. The smallest absolute Gasteiger partial charge is 0.232 e. The van der Waals surface area contributed by atoms with Gasteiger partial charge in [0.2, 0.25) is 18.6 Å². The van der Waals surface area contributed by atoms with Gasteiger partial charge in [0.1, 0.15) is 12.2 Å². The molecular weight excluding hydrogens is 362 g/mol. The molecule has 1 saturated heterocycles. The van der Waals surface area contributed by atoms with Crippen LogP contribution < -0.4 is 14.8 Å². The predicted octanol–water partition coefficient (Wildman–Crippen LogP) is 1.36. The van der Waals surface area contributed by atoms with E-state index < -0.39 is 0 Å². The van der Waals surface area contributed by atoms with Crippen molar-refractivity contribution < 1.29 is 23.5 Å². The lowest BCUT2D eigenvalue weighted by atomic mass is 10.1. The summed E-state index contributed by atoms with van der Waals surface area (Å²) >= 11 is 0. The number of piperazine rings is 1. The molecule has 0 unspecified atom stereocenters. The highest BCUT2D eigenvalue weighted by Crippen LogP contribution is 2.32. The zero-order valence-electron chi connectivity index (χ0n) is 15.6. The van der Waals surface area contributed by atoms with Crippen LogP contribution in [0.15, 0.2) is 41.0 Å². The van der Waals surface area contributed by atoms with Crippen molar-refractivity contribution >= 4 is 11.8 Å². The molecule has 4 rings (SSSR count). The van der Waals surface area contributed by atoms with Gasteiger partial charge in [-0.2, -0.15) is 0 Å². The highest BCUT2D eigenvalue weighted by atomic mass is 16.7. The Balaban J connectivity index is 1.20. The first kappa shape index (κ1) is 18.4. The van der Waals surface area contributed by atoms with Gasteiger partial charge in [0.05, 0.1) is 12.8 Å². The van der Waals surface area contributed by atoms with Gasteiger partial charge in [0, 0.05) is 32.7 Å². The van der Waals surface area contributed by atoms with Gasteiger partial charge in [-0.3, -0.25) is 14.5 Å². The van der Waals surface area contributed by atoms with Crippen molar-refractivity contribution in [3.8, 4) is 11.5 Å². The van der Waals surface area contributed by atoms with Gasteiger partial charge in [0.15, 0.2) is 11.5 Å². The minimum atomic E-state index is -0.288. The summed E-state index contributed by atoms with van der Waals surface area (Å²) in [6.07, 6.45) is 1.42. The van der Waals surface area contributed by atoms with Gasteiger partial charge in [-0.05, 0) is 29.8 Å². The molecule has 1 N–H and O–H groups in total. The van der Waals surface area contributed by atoms with Gasteiger partial charge in [0.25, 0.3) is 0 Å². The molecule has 8 nitrogen and oxygen atoms in total. The van der Waals surface area contributed by atoms with Crippen LogP contribution in [0, 0.1) is 0 Å². The molecule has 0 atom stereocenters. The summed E-state index contributed by atoms with van der Waals surface area (Å²) in [5.41, 5.74) is 1.15. The molecule has 148 valence electrons. The van der Waals surface area contributed by atoms with Gasteiger partial charge in [-0.15, -0.1) is 0 Å². The number of rotatable bonds is 6. The van der Waals surface area contributed by atoms with Crippen molar-refractivity contribution in [3.63, 3.8) is 0 Å². The quantitative estimate of drug-likeness (QED) is 0.756. The van der Waals surface area contributed by atoms with Gasteiger partial charge in [-0.1, -0.05) is 6.07 Å². The normalized spacial score (nSPS) is 16.2. The molecule has 28 heavy (non-hydrogen) atoms. The first-order valence-electron chi connectivity index (χ1n) is 9.35. The number of carbonyl (C=O) groups excluding carboxylic acids is 2. The first-order valence-corrected chi connectivity index (χ1v) is 9.35. The van der Waals surface area contributed by atoms with Gasteiger partial charge in [-0.25, -0.2) is 0 Å². The fourth-order valence-corrected chi connectivity index (χ4v) is 3.36. The fraction of sp³-hybridized carbons (Fsp3) is 0.400. The van der Waals surface area contributed by atoms with Crippen LogP contribution in [0.1, 0.15) is 17.7 Å². The second-order valence-electron chi connectivity index (χ2n) is 6.88. The number of carbonyl (C=O) groups is 2. The first-order chi connectivity index (χ1) is 13.7. The van der Waals surface area contributed by atoms with Crippen LogP contribution in [0.3, 0.4) is 0 Å². The number of nitrogens with zero attached hydrogens (tertiary/aromatic N) is 2. The number of furan rings is 1. The second kappa shape index (κ2) is 8.35. The number of ether oxygens (including phenoxy) is 2. The number of fused-ring (bicyclic) bond motifs is 1. The summed E-state index contributed by atoms with van der Waals surface area (Å²) in [5.74, 6) is 1.80. The lowest BCUT2D eigenvalue weighted by Gasteiger charge is -2.34. The Kier molecular flexibility index (Phi) is 5.48. The SMILES string of the molecule is O=C(CC(=O)N1CCN(Cc2ccc3c(c2)OCO3)CC1)NCc1ccco1. The van der Waals surface area contributed by atoms with Gasteiger partial charge < -0.3 is 24.1 Å². The Morgan fingerprint density at radius 2 is 1.86 bits per heavy atom. The molecule has 1 aromatic carbocycles. The van der Waals surface area contributed by atoms with Crippen molar-refractivity contribution in [2.24, 2.45) is 0 Å². The summed E-state index contributed by atoms with van der Waals surface area (Å²) < 4.78 is 15.9. The zero-order chi connectivity index (χ0) is 19.3. The topological polar surface area (TPSA) is 84.3 Å². The van der Waals surface area contributed by atoms with Crippen LogP contribution in [0.5, 0.6) is 11.5 Å². The number of amides is 2. The van der Waals surface area contributed by atoms with E-state index in [1.54, 1.807) is 23.3 Å². The van der Waals surface area contributed by atoms with Crippen molar-refractivity contribution in [3.05, 3.63) is 47.9 Å². The van der Waals surface area contributed by atoms with E-state index in [-0.39, 0.29) is 25.0 Å². The average molecular weight is 385 g/mol. The highest BCUT2D eigenvalue weighted by Gasteiger charge is 2.23. The van der Waals surface area contributed by atoms with Crippen molar-refractivity contribution in [2.75, 3.05) is 33.0 Å². The van der Waals surface area contributed by atoms with Crippen LogP contribution in [0.4, 0.5) is 0 Å². The number of nitrogens with one attached hydrogen (secondary N) is 1. The Bertz CT molecular complexity index is 828. The third-order valence-corrected chi connectivity index (χ3v) is 4.92. The molecule has 1 fully saturated rings. The van der Waals surface area contributed by atoms with E-state index in [9.17, 15) is 9.59 Å². The molecule has 8 heteroatoms. The monoisotopic (exact) mass is 385 g/mol. The van der Waals surface area contributed by atoms with Crippen LogP contribution in [0.25, 0.3) is 0 Å². The lowest BCUT2D eigenvalue weighted by molar-refractivity contribution is -0.137. The largest absolute Gasteiger partial charge is 0.467 e. The zero-order valence-corrected chi connectivity index (χ0v) is 15.6. The van der Waals surface area contributed by atoms with Crippen molar-refractivity contribution in [2.45, 2.75) is 19.5 Å². The lowest BCUT2D eigenvalue weighted by Crippen LogP contribution is -2.49. The van der Waals surface area contributed by atoms with E-state index in [0.717, 1.165) is 36.7 Å². The highest BCUT2D eigenvalue weighted by molar-refractivity contribution is 5.96. The van der Waals surface area contributed by atoms with E-state index in [1.165, 1.54) is 0 Å². The molecule has 2 aromatic rings. The van der Waals surface area contributed by atoms with Crippen LogP contribution in [-0.4, -0.2) is 54.6 Å². The third kappa shape index (κ3) is 4.45. The van der Waals surface area contributed by atoms with Crippen molar-refractivity contribution in [1.29, 1.82) is 0 Å². The van der Waals surface area contributed by atoms with Crippen LogP contribution >= 0.6 is 0 Å². The Hall–Kier alpha value is -3.00. The van der Waals surface area contributed by atoms with Crippen LogP contribution in [-0.2, 0) is 22.7 Å². The maximum absolute atomic E-state index is 12.4. The van der Waals surface area contributed by atoms with E-state index in [4.69, 9.17) is 13.9 Å². The molecule has 0 saturated carbocycles. The predicted molar refractivity (Wildman–Crippen MR) is 99.6 cm³/mol. The third-order valence-electron chi connectivity index (χ3n) is 4.92. The maximum Gasteiger partial charge on any atom is 0.232 e. The summed E-state index contributed by atoms with van der Waals surface area (Å²) in [7, 11) is 0. The van der Waals surface area contributed by atoms with E-state index in [2.05, 4.69) is 10.2 Å². The Morgan fingerprint density at radius 1 is 1.04 bits per heavy atom. The molecule has 0 spiro atoms. The summed E-state index contributed by atoms with van der Waals surface area (Å²) in [6.45, 7) is 4.14. The molecule has 2 amide bonds. The fourth-order valence-electron chi connectivity index (χ4n) is 3.36. The van der Waals surface area contributed by atoms with Gasteiger partial charge >= 0.3 is 0 Å². The Morgan fingerprint density at radius 3 is 2.64 bits per heavy atom. The second-order valence-corrected chi connectivity index (χ2v) is 6.88. The van der Waals surface area contributed by atoms with E-state index >= 15 is 0 Å². The molecule has 3 heterocycles.